The number of nitrogens with zero attached hydrogens (tertiary/aromatic N) is 2. The van der Waals surface area contributed by atoms with Crippen LogP contribution in [-0.4, -0.2) is 38.8 Å². The summed E-state index contributed by atoms with van der Waals surface area (Å²) >= 11 is 7.55. The lowest BCUT2D eigenvalue weighted by atomic mass is 10.2. The Morgan fingerprint density at radius 3 is 2.88 bits per heavy atom. The number of aliphatic carboxylic acids is 1. The molecule has 2 aromatic rings. The predicted octanol–water partition coefficient (Wildman–Crippen LogP) is 3.69. The van der Waals surface area contributed by atoms with E-state index in [-0.39, 0.29) is 18.1 Å². The van der Waals surface area contributed by atoms with Crippen LogP contribution in [0.3, 0.4) is 0 Å². The number of aromatic nitrogens is 2. The first-order valence-electron chi connectivity index (χ1n) is 8.39. The summed E-state index contributed by atoms with van der Waals surface area (Å²) in [5.74, 6) is -0.576. The fourth-order valence-electron chi connectivity index (χ4n) is 2.42. The molecule has 0 aliphatic rings. The van der Waals surface area contributed by atoms with Crippen LogP contribution >= 0.6 is 23.4 Å². The van der Waals surface area contributed by atoms with Crippen LogP contribution in [0.2, 0.25) is 5.02 Å². The summed E-state index contributed by atoms with van der Waals surface area (Å²) < 4.78 is 1.92. The Morgan fingerprint density at radius 2 is 2.12 bits per heavy atom. The first kappa shape index (κ1) is 20.3. The van der Waals surface area contributed by atoms with Crippen LogP contribution in [0.15, 0.2) is 35.7 Å². The average Bonchev–Trinajstić information content (AvgIpc) is 3.06. The maximum absolute atomic E-state index is 12.0. The lowest BCUT2D eigenvalue weighted by Crippen LogP contribution is -2.26. The minimum Gasteiger partial charge on any atom is -0.481 e. The van der Waals surface area contributed by atoms with Crippen molar-refractivity contribution in [1.29, 1.82) is 0 Å². The van der Waals surface area contributed by atoms with E-state index in [1.807, 2.05) is 35.9 Å². The van der Waals surface area contributed by atoms with Gasteiger partial charge in [0.15, 0.2) is 5.16 Å². The highest BCUT2D eigenvalue weighted by Gasteiger charge is 2.11. The van der Waals surface area contributed by atoms with Gasteiger partial charge in [-0.3, -0.25) is 14.2 Å². The number of carbonyl (C=O) groups is 2. The van der Waals surface area contributed by atoms with E-state index in [4.69, 9.17) is 16.7 Å². The smallest absolute Gasteiger partial charge is 0.303 e. The van der Waals surface area contributed by atoms with E-state index in [0.29, 0.717) is 18.0 Å². The number of carbonyl (C=O) groups excluding carboxylic acids is 1. The first-order chi connectivity index (χ1) is 12.5. The van der Waals surface area contributed by atoms with Gasteiger partial charge in [0.1, 0.15) is 0 Å². The third-order valence-electron chi connectivity index (χ3n) is 3.83. The number of benzene rings is 1. The molecule has 140 valence electrons. The second-order valence-electron chi connectivity index (χ2n) is 5.81. The molecule has 0 bridgehead atoms. The van der Waals surface area contributed by atoms with Crippen molar-refractivity contribution in [1.82, 2.24) is 14.9 Å². The quantitative estimate of drug-likeness (QED) is 0.473. The molecule has 0 radical (unpaired) electrons. The van der Waals surface area contributed by atoms with Gasteiger partial charge in [0.05, 0.1) is 11.4 Å². The molecule has 2 N–H and O–H groups in total. The number of hydrogen-bond acceptors (Lipinski definition) is 4. The second kappa shape index (κ2) is 10.2. The molecule has 26 heavy (non-hydrogen) atoms. The first-order valence-corrected chi connectivity index (χ1v) is 9.75. The minimum absolute atomic E-state index is 0.0643. The van der Waals surface area contributed by atoms with Crippen molar-refractivity contribution in [3.63, 3.8) is 0 Å². The summed E-state index contributed by atoms with van der Waals surface area (Å²) in [5.41, 5.74) is 1.90. The molecule has 1 heterocycles. The molecule has 0 atom stereocenters. The maximum atomic E-state index is 12.0. The highest BCUT2D eigenvalue weighted by Crippen LogP contribution is 2.26. The Kier molecular flexibility index (Phi) is 8.00. The summed E-state index contributed by atoms with van der Waals surface area (Å²) in [6.45, 7) is 2.50. The molecule has 1 amide bonds. The molecule has 0 unspecified atom stereocenters. The summed E-state index contributed by atoms with van der Waals surface area (Å²) in [7, 11) is 0. The van der Waals surface area contributed by atoms with Crippen LogP contribution < -0.4 is 5.32 Å². The number of amides is 1. The number of thioether (sulfide) groups is 1. The SMILES string of the molecule is Cc1c(Cl)cccc1-n1ccnc1SCC(=O)NCCCCCC(=O)O. The zero-order valence-corrected chi connectivity index (χ0v) is 16.1. The summed E-state index contributed by atoms with van der Waals surface area (Å²) in [4.78, 5) is 26.7. The summed E-state index contributed by atoms with van der Waals surface area (Å²) in [6, 6.07) is 5.69. The van der Waals surface area contributed by atoms with Crippen LogP contribution in [0.5, 0.6) is 0 Å². The number of nitrogens with one attached hydrogen (secondary N) is 1. The van der Waals surface area contributed by atoms with Gasteiger partial charge in [-0.25, -0.2) is 4.98 Å². The fraction of sp³-hybridized carbons (Fsp3) is 0.389. The molecule has 0 saturated carbocycles. The van der Waals surface area contributed by atoms with Crippen molar-refractivity contribution >= 4 is 35.2 Å². The molecule has 1 aromatic carbocycles. The van der Waals surface area contributed by atoms with Gasteiger partial charge >= 0.3 is 5.97 Å². The van der Waals surface area contributed by atoms with E-state index in [1.165, 1.54) is 11.8 Å². The maximum Gasteiger partial charge on any atom is 0.303 e. The van der Waals surface area contributed by atoms with Crippen molar-refractivity contribution in [2.75, 3.05) is 12.3 Å². The number of carboxylic acids is 1. The molecule has 6 nitrogen and oxygen atoms in total. The van der Waals surface area contributed by atoms with Gasteiger partial charge in [0, 0.05) is 30.4 Å². The third-order valence-corrected chi connectivity index (χ3v) is 5.20. The predicted molar refractivity (Wildman–Crippen MR) is 103 cm³/mol. The number of rotatable bonds is 10. The normalized spacial score (nSPS) is 10.7. The Labute approximate surface area is 162 Å². The minimum atomic E-state index is -0.782. The van der Waals surface area contributed by atoms with E-state index >= 15 is 0 Å². The molecule has 0 aliphatic heterocycles. The van der Waals surface area contributed by atoms with E-state index in [1.54, 1.807) is 6.20 Å². The van der Waals surface area contributed by atoms with Gasteiger partial charge in [-0.05, 0) is 37.5 Å². The number of carboxylic acid groups (broad SMARTS) is 1. The van der Waals surface area contributed by atoms with E-state index in [0.717, 1.165) is 29.2 Å². The lowest BCUT2D eigenvalue weighted by Gasteiger charge is -2.11. The largest absolute Gasteiger partial charge is 0.481 e. The molecular formula is C18H22ClN3O3S. The fourth-order valence-corrected chi connectivity index (χ4v) is 3.39. The van der Waals surface area contributed by atoms with Crippen LogP contribution in [0.1, 0.15) is 31.2 Å². The zero-order chi connectivity index (χ0) is 18.9. The number of halogens is 1. The van der Waals surface area contributed by atoms with Gasteiger partial charge < -0.3 is 10.4 Å². The Morgan fingerprint density at radius 1 is 1.31 bits per heavy atom. The van der Waals surface area contributed by atoms with E-state index < -0.39 is 5.97 Å². The van der Waals surface area contributed by atoms with Crippen molar-refractivity contribution in [3.8, 4) is 5.69 Å². The van der Waals surface area contributed by atoms with Crippen LogP contribution in [0.25, 0.3) is 5.69 Å². The van der Waals surface area contributed by atoms with Gasteiger partial charge in [-0.2, -0.15) is 0 Å². The topological polar surface area (TPSA) is 84.2 Å². The zero-order valence-electron chi connectivity index (χ0n) is 14.6. The van der Waals surface area contributed by atoms with Gasteiger partial charge in [0.25, 0.3) is 0 Å². The summed E-state index contributed by atoms with van der Waals surface area (Å²) in [5, 5.41) is 12.8. The molecule has 8 heteroatoms. The third kappa shape index (κ3) is 6.07. The van der Waals surface area contributed by atoms with Crippen molar-refractivity contribution in [2.45, 2.75) is 37.8 Å². The second-order valence-corrected chi connectivity index (χ2v) is 7.16. The highest BCUT2D eigenvalue weighted by atomic mass is 35.5. The standard InChI is InChI=1S/C18H22ClN3O3S/c1-13-14(19)6-5-7-15(13)22-11-10-21-18(22)26-12-16(23)20-9-4-2-3-8-17(24)25/h5-7,10-11H,2-4,8-9,12H2,1H3,(H,20,23)(H,24,25). The molecule has 2 rings (SSSR count). The molecular weight excluding hydrogens is 374 g/mol. The van der Waals surface area contributed by atoms with Crippen LogP contribution in [0.4, 0.5) is 0 Å². The average molecular weight is 396 g/mol. The Balaban J connectivity index is 1.80. The van der Waals surface area contributed by atoms with Crippen molar-refractivity contribution in [2.24, 2.45) is 0 Å². The van der Waals surface area contributed by atoms with Crippen LogP contribution in [-0.2, 0) is 9.59 Å². The lowest BCUT2D eigenvalue weighted by molar-refractivity contribution is -0.137. The van der Waals surface area contributed by atoms with Gasteiger partial charge in [-0.1, -0.05) is 35.9 Å². The van der Waals surface area contributed by atoms with Crippen molar-refractivity contribution < 1.29 is 14.7 Å². The highest BCUT2D eigenvalue weighted by molar-refractivity contribution is 7.99. The summed E-state index contributed by atoms with van der Waals surface area (Å²) in [6.07, 6.45) is 5.92. The number of imidazole rings is 1. The molecule has 0 spiro atoms. The monoisotopic (exact) mass is 395 g/mol. The van der Waals surface area contributed by atoms with E-state index in [2.05, 4.69) is 10.3 Å². The number of unbranched alkanes of at least 4 members (excludes halogenated alkanes) is 2. The van der Waals surface area contributed by atoms with Crippen molar-refractivity contribution in [3.05, 3.63) is 41.2 Å². The molecule has 0 fully saturated rings. The molecule has 0 saturated heterocycles. The number of hydrogen-bond donors (Lipinski definition) is 2. The Hall–Kier alpha value is -1.99. The van der Waals surface area contributed by atoms with Gasteiger partial charge in [-0.15, -0.1) is 0 Å². The molecule has 1 aromatic heterocycles. The Bertz CT molecular complexity index is 764. The van der Waals surface area contributed by atoms with Gasteiger partial charge in [0.2, 0.25) is 5.91 Å². The van der Waals surface area contributed by atoms with Crippen LogP contribution in [0, 0.1) is 6.92 Å². The van der Waals surface area contributed by atoms with E-state index in [9.17, 15) is 9.59 Å². The molecule has 0 aliphatic carbocycles.